The quantitative estimate of drug-likeness (QED) is 0.153. The third kappa shape index (κ3) is 8.33. The van der Waals surface area contributed by atoms with Crippen LogP contribution in [0.25, 0.3) is 16.9 Å². The number of phenols is 2. The molecule has 0 bridgehead atoms. The summed E-state index contributed by atoms with van der Waals surface area (Å²) in [7, 11) is -8.42. The van der Waals surface area contributed by atoms with Gasteiger partial charge in [0, 0.05) is 23.6 Å². The van der Waals surface area contributed by atoms with E-state index in [4.69, 9.17) is 29.7 Å². The molecule has 1 aromatic heterocycles. The van der Waals surface area contributed by atoms with E-state index in [0.717, 1.165) is 18.2 Å². The van der Waals surface area contributed by atoms with Crippen LogP contribution < -0.4 is 4.74 Å². The second-order valence-corrected chi connectivity index (χ2v) is 14.0. The van der Waals surface area contributed by atoms with Gasteiger partial charge in [-0.1, -0.05) is 11.6 Å². The van der Waals surface area contributed by atoms with E-state index < -0.39 is 44.2 Å². The van der Waals surface area contributed by atoms with Crippen molar-refractivity contribution in [1.29, 1.82) is 0 Å². The van der Waals surface area contributed by atoms with Gasteiger partial charge >= 0.3 is 21.6 Å². The molecule has 0 aliphatic carbocycles. The van der Waals surface area contributed by atoms with E-state index in [1.807, 2.05) is 0 Å². The molecule has 0 unspecified atom stereocenters. The molecule has 0 aliphatic heterocycles. The van der Waals surface area contributed by atoms with E-state index in [1.165, 1.54) is 29.1 Å². The summed E-state index contributed by atoms with van der Waals surface area (Å²) >= 11 is 6.17. The van der Waals surface area contributed by atoms with E-state index in [9.17, 15) is 32.5 Å². The largest absolute Gasteiger partial charge is 0.573 e. The number of aromatic nitrogens is 2. The summed E-state index contributed by atoms with van der Waals surface area (Å²) in [6.07, 6.45) is -3.91. The Hall–Kier alpha value is -2.57. The number of aromatic hydroxyl groups is 2. The third-order valence-corrected chi connectivity index (χ3v) is 12.1. The van der Waals surface area contributed by atoms with Gasteiger partial charge in [0.2, 0.25) is 0 Å². The normalized spacial score (nSPS) is 12.7. The highest BCUT2D eigenvalue weighted by Crippen LogP contribution is 2.71. The maximum Gasteiger partial charge on any atom is 0.573 e. The van der Waals surface area contributed by atoms with Crippen molar-refractivity contribution >= 4 is 26.8 Å². The van der Waals surface area contributed by atoms with E-state index in [-0.39, 0.29) is 60.4 Å². The molecule has 0 radical (unpaired) electrons. The first-order valence-electron chi connectivity index (χ1n) is 13.1. The first kappa shape index (κ1) is 34.9. The standard InChI is InChI=1S/C26H32ClF3N2O9P2/c1-5-37-42(35,38-6-2)24(43(36,39-7-3)40-8-4)13-17-16-31-32(18-9-11-19(12-10-18)41-26(28,29)30)25(17)20-14-21(27)23(34)15-22(20)33/h9-12,14-16,24,33-34H,5-8,13H2,1-4H3. The molecule has 3 rings (SSSR count). The fourth-order valence-corrected chi connectivity index (χ4v) is 9.74. The number of ether oxygens (including phenoxy) is 1. The Balaban J connectivity index is 2.28. The highest BCUT2D eigenvalue weighted by Gasteiger charge is 2.51. The Morgan fingerprint density at radius 2 is 1.40 bits per heavy atom. The molecular weight excluding hydrogens is 639 g/mol. The van der Waals surface area contributed by atoms with Crippen molar-refractivity contribution in [2.75, 3.05) is 26.4 Å². The smallest absolute Gasteiger partial charge is 0.507 e. The minimum absolute atomic E-state index is 0.0370. The Morgan fingerprint density at radius 3 is 1.86 bits per heavy atom. The number of phenolic OH excluding ortho intramolecular Hbond substituents is 2. The Kier molecular flexibility index (Phi) is 11.8. The molecule has 0 aliphatic rings. The molecule has 17 heteroatoms. The van der Waals surface area contributed by atoms with Gasteiger partial charge in [-0.05, 0) is 58.0 Å². The average Bonchev–Trinajstić information content (AvgIpc) is 3.32. The summed E-state index contributed by atoms with van der Waals surface area (Å²) in [4.78, 5) is 0. The first-order chi connectivity index (χ1) is 20.2. The van der Waals surface area contributed by atoms with Gasteiger partial charge < -0.3 is 33.0 Å². The van der Waals surface area contributed by atoms with Crippen LogP contribution in [0.5, 0.6) is 17.2 Å². The number of halogens is 4. The fourth-order valence-electron chi connectivity index (χ4n) is 4.28. The van der Waals surface area contributed by atoms with Crippen LogP contribution in [0.2, 0.25) is 5.02 Å². The summed E-state index contributed by atoms with van der Waals surface area (Å²) in [5.41, 5.74) is 0.617. The van der Waals surface area contributed by atoms with Crippen LogP contribution in [0.3, 0.4) is 0 Å². The van der Waals surface area contributed by atoms with Crippen LogP contribution in [0, 0.1) is 0 Å². The number of alkyl halides is 3. The van der Waals surface area contributed by atoms with Crippen LogP contribution in [-0.4, -0.2) is 58.2 Å². The lowest BCUT2D eigenvalue weighted by Crippen LogP contribution is -2.20. The zero-order chi connectivity index (χ0) is 32.0. The van der Waals surface area contributed by atoms with Gasteiger partial charge in [0.1, 0.15) is 17.2 Å². The minimum atomic E-state index is -4.90. The van der Waals surface area contributed by atoms with Gasteiger partial charge in [0.05, 0.1) is 49.0 Å². The zero-order valence-corrected chi connectivity index (χ0v) is 26.3. The SMILES string of the molecule is CCOP(=O)(OCC)C(Cc1cnn(-c2ccc(OC(F)(F)F)cc2)c1-c1cc(Cl)c(O)cc1O)P(=O)(OCC)OCC. The van der Waals surface area contributed by atoms with E-state index in [1.54, 1.807) is 27.7 Å². The van der Waals surface area contributed by atoms with Crippen molar-refractivity contribution in [3.05, 3.63) is 53.2 Å². The van der Waals surface area contributed by atoms with Gasteiger partial charge in [-0.25, -0.2) is 4.68 Å². The molecule has 238 valence electrons. The topological polar surface area (TPSA) is 139 Å². The van der Waals surface area contributed by atoms with Crippen molar-refractivity contribution in [2.24, 2.45) is 0 Å². The van der Waals surface area contributed by atoms with Gasteiger partial charge in [-0.3, -0.25) is 9.13 Å². The van der Waals surface area contributed by atoms with E-state index in [2.05, 4.69) is 9.84 Å². The second-order valence-electron chi connectivity index (χ2n) is 8.73. The summed E-state index contributed by atoms with van der Waals surface area (Å²) in [5, 5.41) is 23.6. The van der Waals surface area contributed by atoms with Crippen molar-refractivity contribution < 1.29 is 55.3 Å². The summed E-state index contributed by atoms with van der Waals surface area (Å²) < 4.78 is 93.9. The monoisotopic (exact) mass is 670 g/mol. The average molecular weight is 671 g/mol. The molecule has 3 aromatic rings. The highest BCUT2D eigenvalue weighted by molar-refractivity contribution is 7.72. The molecule has 1 heterocycles. The van der Waals surface area contributed by atoms with Crippen molar-refractivity contribution in [2.45, 2.75) is 45.9 Å². The fraction of sp³-hybridized carbons (Fsp3) is 0.423. The summed E-state index contributed by atoms with van der Waals surface area (Å²) in [5.74, 6) is -1.34. The molecule has 2 N–H and O–H groups in total. The molecule has 11 nitrogen and oxygen atoms in total. The number of benzene rings is 2. The van der Waals surface area contributed by atoms with Gasteiger partial charge in [0.15, 0.2) is 5.40 Å². The van der Waals surface area contributed by atoms with E-state index >= 15 is 0 Å². The highest BCUT2D eigenvalue weighted by atomic mass is 35.5. The number of rotatable bonds is 15. The molecule has 43 heavy (non-hydrogen) atoms. The maximum absolute atomic E-state index is 14.1. The molecule has 0 amide bonds. The second kappa shape index (κ2) is 14.5. The van der Waals surface area contributed by atoms with Crippen molar-refractivity contribution in [1.82, 2.24) is 9.78 Å². The van der Waals surface area contributed by atoms with E-state index in [0.29, 0.717) is 0 Å². The maximum atomic E-state index is 14.1. The molecule has 0 fully saturated rings. The number of hydrogen-bond donors (Lipinski definition) is 2. The van der Waals surface area contributed by atoms with Gasteiger partial charge in [0.25, 0.3) is 0 Å². The molecular formula is C26H32ClF3N2O9P2. The van der Waals surface area contributed by atoms with Gasteiger partial charge in [-0.2, -0.15) is 5.10 Å². The Morgan fingerprint density at radius 1 is 0.884 bits per heavy atom. The third-order valence-electron chi connectivity index (χ3n) is 5.85. The van der Waals surface area contributed by atoms with Gasteiger partial charge in [-0.15, -0.1) is 13.2 Å². The predicted octanol–water partition coefficient (Wildman–Crippen LogP) is 7.90. The first-order valence-corrected chi connectivity index (χ1v) is 16.7. The lowest BCUT2D eigenvalue weighted by molar-refractivity contribution is -0.274. The Bertz CT molecular complexity index is 1440. The molecule has 0 spiro atoms. The zero-order valence-electron chi connectivity index (χ0n) is 23.7. The van der Waals surface area contributed by atoms with Crippen LogP contribution in [0.1, 0.15) is 33.3 Å². The molecule has 2 aromatic carbocycles. The van der Waals surface area contributed by atoms with Crippen LogP contribution in [-0.2, 0) is 33.6 Å². The van der Waals surface area contributed by atoms with Crippen LogP contribution in [0.15, 0.2) is 42.6 Å². The van der Waals surface area contributed by atoms with Crippen molar-refractivity contribution in [3.63, 3.8) is 0 Å². The number of hydrogen-bond acceptors (Lipinski definition) is 10. The lowest BCUT2D eigenvalue weighted by atomic mass is 10.0. The van der Waals surface area contributed by atoms with Crippen LogP contribution >= 0.6 is 26.8 Å². The summed E-state index contributed by atoms with van der Waals surface area (Å²) in [6, 6.07) is 6.94. The Labute approximate surface area is 251 Å². The minimum Gasteiger partial charge on any atom is -0.507 e. The summed E-state index contributed by atoms with van der Waals surface area (Å²) in [6.45, 7) is 6.11. The lowest BCUT2D eigenvalue weighted by Gasteiger charge is -2.31. The van der Waals surface area contributed by atoms with Crippen molar-refractivity contribution in [3.8, 4) is 34.2 Å². The van der Waals surface area contributed by atoms with Crippen LogP contribution in [0.4, 0.5) is 13.2 Å². The molecule has 0 saturated carbocycles. The molecule has 0 atom stereocenters. The number of nitrogens with zero attached hydrogens (tertiary/aromatic N) is 2. The predicted molar refractivity (Wildman–Crippen MR) is 153 cm³/mol. The molecule has 0 saturated heterocycles.